The quantitative estimate of drug-likeness (QED) is 0.341. The second kappa shape index (κ2) is 9.50. The normalized spacial score (nSPS) is 15.7. The number of para-hydroxylation sites is 1. The van der Waals surface area contributed by atoms with Crippen LogP contribution in [0.15, 0.2) is 77.0 Å². The van der Waals surface area contributed by atoms with Crippen LogP contribution >= 0.6 is 35.0 Å². The van der Waals surface area contributed by atoms with Gasteiger partial charge in [0.1, 0.15) is 5.69 Å². The van der Waals surface area contributed by atoms with E-state index in [-0.39, 0.29) is 5.91 Å². The number of benzene rings is 2. The summed E-state index contributed by atoms with van der Waals surface area (Å²) in [7, 11) is 0. The number of carbonyl (C=O) groups is 2. The number of carbonyl (C=O) groups excluding carboxylic acids is 2. The monoisotopic (exact) mass is 519 g/mol. The summed E-state index contributed by atoms with van der Waals surface area (Å²) in [6.07, 6.45) is 6.50. The van der Waals surface area contributed by atoms with Gasteiger partial charge in [-0.1, -0.05) is 35.3 Å². The molecule has 0 spiro atoms. The van der Waals surface area contributed by atoms with Crippen molar-refractivity contribution in [3.05, 3.63) is 93.2 Å². The third-order valence-corrected chi connectivity index (χ3v) is 6.75. The summed E-state index contributed by atoms with van der Waals surface area (Å²) in [5.74, 6) is -0.879. The summed E-state index contributed by atoms with van der Waals surface area (Å²) in [5.41, 5.74) is 9.19. The van der Waals surface area contributed by atoms with E-state index in [2.05, 4.69) is 20.3 Å². The van der Waals surface area contributed by atoms with E-state index in [9.17, 15) is 9.59 Å². The van der Waals surface area contributed by atoms with Crippen molar-refractivity contribution < 1.29 is 9.59 Å². The number of hydrogen-bond donors (Lipinski definition) is 2. The zero-order valence-corrected chi connectivity index (χ0v) is 20.2. The molecule has 1 saturated heterocycles. The lowest BCUT2D eigenvalue weighted by Crippen LogP contribution is -2.19. The maximum atomic E-state index is 12.6. The van der Waals surface area contributed by atoms with Crippen LogP contribution in [0.1, 0.15) is 15.9 Å². The van der Waals surface area contributed by atoms with E-state index in [0.717, 1.165) is 16.5 Å². The molecule has 10 heteroatoms. The van der Waals surface area contributed by atoms with Gasteiger partial charge in [-0.25, -0.2) is 4.99 Å². The molecule has 0 unspecified atom stereocenters. The highest BCUT2D eigenvalue weighted by Gasteiger charge is 2.25. The Balaban J connectivity index is 1.57. The third kappa shape index (κ3) is 4.64. The van der Waals surface area contributed by atoms with Crippen molar-refractivity contribution in [2.75, 3.05) is 0 Å². The topological polar surface area (TPSA) is 110 Å². The number of nitrogens with zero attached hydrogens (tertiary/aromatic N) is 3. The van der Waals surface area contributed by atoms with Crippen molar-refractivity contribution in [3.63, 3.8) is 0 Å². The third-order valence-electron chi connectivity index (χ3n) is 5.23. The summed E-state index contributed by atoms with van der Waals surface area (Å²) in [6, 6.07) is 14.2. The number of thioether (sulfide) groups is 1. The first-order valence-corrected chi connectivity index (χ1v) is 11.8. The summed E-state index contributed by atoms with van der Waals surface area (Å²) < 4.78 is 0. The number of nitrogens with two attached hydrogens (primary N) is 1. The Morgan fingerprint density at radius 1 is 1.09 bits per heavy atom. The van der Waals surface area contributed by atoms with E-state index in [0.29, 0.717) is 42.4 Å². The van der Waals surface area contributed by atoms with Crippen LogP contribution in [-0.2, 0) is 4.79 Å². The summed E-state index contributed by atoms with van der Waals surface area (Å²) in [4.78, 5) is 38.1. The van der Waals surface area contributed by atoms with Crippen LogP contribution in [-0.4, -0.2) is 26.9 Å². The number of nitrogens with one attached hydrogen (secondary N) is 1. The molecule has 1 fully saturated rings. The van der Waals surface area contributed by atoms with Crippen LogP contribution in [0.2, 0.25) is 10.0 Å². The van der Waals surface area contributed by atoms with Crippen LogP contribution in [0.4, 0.5) is 5.69 Å². The molecule has 0 saturated carbocycles. The molecule has 1 aliphatic rings. The standard InChI is InChI=1S/C25H15Cl2N5O2S/c26-17-2-1-3-18(27)22(17)31-25-32-24(34)20(35-25)11-13-4-5-19-15(10-13)21(14-6-8-29-9-7-14)16(12-30-19)23(28)33/h1-12H,(H2,28,33)(H,31,32,34)/b20-11-. The molecule has 5 rings (SSSR count). The molecule has 0 aliphatic carbocycles. The number of hydrogen-bond acceptors (Lipinski definition) is 6. The second-order valence-corrected chi connectivity index (χ2v) is 9.32. The summed E-state index contributed by atoms with van der Waals surface area (Å²) in [6.45, 7) is 0. The van der Waals surface area contributed by atoms with Crippen LogP contribution in [0.25, 0.3) is 28.1 Å². The molecule has 3 N–H and O–H groups in total. The molecule has 0 radical (unpaired) electrons. The van der Waals surface area contributed by atoms with E-state index < -0.39 is 5.91 Å². The van der Waals surface area contributed by atoms with Gasteiger partial charge in [0.2, 0.25) is 0 Å². The minimum absolute atomic E-state index is 0.296. The molecule has 0 bridgehead atoms. The van der Waals surface area contributed by atoms with Crippen LogP contribution < -0.4 is 11.1 Å². The SMILES string of the molecule is NC(=O)c1cnc2ccc(/C=C3\SC(=Nc4c(Cl)cccc4Cl)NC3=O)cc2c1-c1ccncc1. The molecule has 35 heavy (non-hydrogen) atoms. The van der Waals surface area contributed by atoms with Crippen LogP contribution in [0, 0.1) is 0 Å². The smallest absolute Gasteiger partial charge is 0.264 e. The Labute approximate surface area is 214 Å². The first kappa shape index (κ1) is 23.0. The largest absolute Gasteiger partial charge is 0.366 e. The minimum Gasteiger partial charge on any atom is -0.366 e. The fourth-order valence-corrected chi connectivity index (χ4v) is 4.96. The number of pyridine rings is 2. The fourth-order valence-electron chi connectivity index (χ4n) is 3.65. The molecule has 2 aromatic carbocycles. The lowest BCUT2D eigenvalue weighted by atomic mass is 9.95. The highest BCUT2D eigenvalue weighted by Crippen LogP contribution is 2.36. The van der Waals surface area contributed by atoms with Crippen molar-refractivity contribution in [1.29, 1.82) is 0 Å². The van der Waals surface area contributed by atoms with Crippen molar-refractivity contribution in [2.45, 2.75) is 0 Å². The van der Waals surface area contributed by atoms with Crippen molar-refractivity contribution in [2.24, 2.45) is 10.7 Å². The van der Waals surface area contributed by atoms with Gasteiger partial charge in [0.15, 0.2) is 5.17 Å². The number of primary amides is 1. The number of fused-ring (bicyclic) bond motifs is 1. The van der Waals surface area contributed by atoms with Gasteiger partial charge in [0.05, 0.1) is 26.0 Å². The van der Waals surface area contributed by atoms with E-state index in [1.54, 1.807) is 48.8 Å². The van der Waals surface area contributed by atoms with Gasteiger partial charge in [-0.2, -0.15) is 0 Å². The maximum absolute atomic E-state index is 12.6. The van der Waals surface area contributed by atoms with Gasteiger partial charge in [-0.15, -0.1) is 0 Å². The Bertz CT molecular complexity index is 1550. The molecule has 172 valence electrons. The molecule has 0 atom stereocenters. The highest BCUT2D eigenvalue weighted by atomic mass is 35.5. The number of aromatic nitrogens is 2. The molecule has 7 nitrogen and oxygen atoms in total. The first-order valence-electron chi connectivity index (χ1n) is 10.3. The summed E-state index contributed by atoms with van der Waals surface area (Å²) >= 11 is 13.6. The maximum Gasteiger partial charge on any atom is 0.264 e. The number of aliphatic imine (C=N–C) groups is 1. The van der Waals surface area contributed by atoms with Gasteiger partial charge < -0.3 is 11.1 Å². The Morgan fingerprint density at radius 3 is 2.54 bits per heavy atom. The van der Waals surface area contributed by atoms with E-state index in [1.807, 2.05) is 18.2 Å². The fraction of sp³-hybridized carbons (Fsp3) is 0. The highest BCUT2D eigenvalue weighted by molar-refractivity contribution is 8.18. The lowest BCUT2D eigenvalue weighted by molar-refractivity contribution is -0.115. The number of halogens is 2. The Hall–Kier alpha value is -3.72. The van der Waals surface area contributed by atoms with Gasteiger partial charge in [0, 0.05) is 29.5 Å². The average Bonchev–Trinajstić information content (AvgIpc) is 3.19. The van der Waals surface area contributed by atoms with Crippen molar-refractivity contribution in [3.8, 4) is 11.1 Å². The van der Waals surface area contributed by atoms with Gasteiger partial charge in [-0.05, 0) is 65.4 Å². The van der Waals surface area contributed by atoms with Gasteiger partial charge in [-0.3, -0.25) is 19.6 Å². The van der Waals surface area contributed by atoms with Crippen LogP contribution in [0.3, 0.4) is 0 Å². The zero-order valence-electron chi connectivity index (χ0n) is 17.8. The van der Waals surface area contributed by atoms with Gasteiger partial charge in [0.25, 0.3) is 11.8 Å². The van der Waals surface area contributed by atoms with E-state index >= 15 is 0 Å². The molecular weight excluding hydrogens is 505 g/mol. The van der Waals surface area contributed by atoms with E-state index in [1.165, 1.54) is 18.0 Å². The predicted molar refractivity (Wildman–Crippen MR) is 141 cm³/mol. The van der Waals surface area contributed by atoms with Crippen molar-refractivity contribution >= 4 is 74.6 Å². The molecule has 2 amide bonds. The average molecular weight is 520 g/mol. The molecule has 2 aromatic heterocycles. The number of amidine groups is 1. The Morgan fingerprint density at radius 2 is 1.83 bits per heavy atom. The van der Waals surface area contributed by atoms with Crippen molar-refractivity contribution in [1.82, 2.24) is 15.3 Å². The molecule has 1 aliphatic heterocycles. The molecular formula is C25H15Cl2N5O2S. The minimum atomic E-state index is -0.584. The predicted octanol–water partition coefficient (Wildman–Crippen LogP) is 5.59. The summed E-state index contributed by atoms with van der Waals surface area (Å²) in [5, 5.41) is 4.59. The lowest BCUT2D eigenvalue weighted by Gasteiger charge is -2.11. The number of amides is 2. The number of rotatable bonds is 4. The first-order chi connectivity index (χ1) is 16.9. The molecule has 3 heterocycles. The second-order valence-electron chi connectivity index (χ2n) is 7.48. The Kier molecular flexibility index (Phi) is 6.25. The van der Waals surface area contributed by atoms with Gasteiger partial charge >= 0.3 is 0 Å². The van der Waals surface area contributed by atoms with E-state index in [4.69, 9.17) is 28.9 Å². The molecule has 4 aromatic rings. The van der Waals surface area contributed by atoms with Crippen LogP contribution in [0.5, 0.6) is 0 Å². The zero-order chi connectivity index (χ0) is 24.5.